The van der Waals surface area contributed by atoms with Crippen molar-refractivity contribution in [3.63, 3.8) is 0 Å². The second-order valence-electron chi connectivity index (χ2n) is 5.33. The van der Waals surface area contributed by atoms with Crippen molar-refractivity contribution >= 4 is 11.6 Å². The Morgan fingerprint density at radius 1 is 1.33 bits per heavy atom. The molecule has 0 heterocycles. The predicted molar refractivity (Wildman–Crippen MR) is 77.3 cm³/mol. The van der Waals surface area contributed by atoms with Crippen LogP contribution < -0.4 is 10.2 Å². The Balaban J connectivity index is 2.67. The lowest BCUT2D eigenvalue weighted by Crippen LogP contribution is -2.25. The largest absolute Gasteiger partial charge is 0.377 e. The first-order valence-corrected chi connectivity index (χ1v) is 6.48. The van der Waals surface area contributed by atoms with Gasteiger partial charge in [-0.15, -0.1) is 0 Å². The number of anilines is 1. The molecule has 1 aromatic carbocycles. The summed E-state index contributed by atoms with van der Waals surface area (Å²) in [6, 6.07) is 5.82. The molecule has 1 N–H and O–H groups in total. The van der Waals surface area contributed by atoms with E-state index in [4.69, 9.17) is 0 Å². The van der Waals surface area contributed by atoms with Gasteiger partial charge < -0.3 is 10.2 Å². The third-order valence-corrected chi connectivity index (χ3v) is 2.95. The molecule has 1 rings (SSSR count). The number of carbonyl (C=O) groups excluding carboxylic acids is 1. The minimum Gasteiger partial charge on any atom is -0.377 e. The highest BCUT2D eigenvalue weighted by Crippen LogP contribution is 2.18. The average Bonchev–Trinajstić information content (AvgIpc) is 2.27. The maximum absolute atomic E-state index is 11.9. The van der Waals surface area contributed by atoms with Gasteiger partial charge in [0.05, 0.1) is 0 Å². The maximum Gasteiger partial charge on any atom is 0.251 e. The lowest BCUT2D eigenvalue weighted by atomic mass is 10.1. The molecule has 3 nitrogen and oxygen atoms in total. The monoisotopic (exact) mass is 248 g/mol. The number of hydrogen-bond acceptors (Lipinski definition) is 2. The highest BCUT2D eigenvalue weighted by atomic mass is 16.1. The van der Waals surface area contributed by atoms with E-state index in [1.54, 1.807) is 0 Å². The zero-order valence-electron chi connectivity index (χ0n) is 12.1. The smallest absolute Gasteiger partial charge is 0.251 e. The van der Waals surface area contributed by atoms with E-state index >= 15 is 0 Å². The third kappa shape index (κ3) is 4.06. The molecule has 0 fully saturated rings. The molecule has 0 aliphatic carbocycles. The van der Waals surface area contributed by atoms with Gasteiger partial charge >= 0.3 is 0 Å². The molecule has 0 bridgehead atoms. The van der Waals surface area contributed by atoms with Crippen molar-refractivity contribution in [3.05, 3.63) is 29.3 Å². The Hall–Kier alpha value is -1.51. The lowest BCUT2D eigenvalue weighted by Gasteiger charge is -2.16. The number of aryl methyl sites for hydroxylation is 1. The summed E-state index contributed by atoms with van der Waals surface area (Å²) < 4.78 is 0. The van der Waals surface area contributed by atoms with Crippen molar-refractivity contribution in [2.75, 3.05) is 25.5 Å². The van der Waals surface area contributed by atoms with Crippen LogP contribution in [0.4, 0.5) is 5.69 Å². The number of carbonyl (C=O) groups is 1. The number of amides is 1. The van der Waals surface area contributed by atoms with Crippen LogP contribution in [0.25, 0.3) is 0 Å². The standard InChI is InChI=1S/C15H24N2O/c1-11(2)8-9-16-15(18)13-6-7-14(17(4)5)12(3)10-13/h6-7,10-11H,8-9H2,1-5H3,(H,16,18). The Kier molecular flexibility index (Phi) is 5.20. The summed E-state index contributed by atoms with van der Waals surface area (Å²) >= 11 is 0. The van der Waals surface area contributed by atoms with Gasteiger partial charge in [0.15, 0.2) is 0 Å². The molecule has 18 heavy (non-hydrogen) atoms. The molecule has 0 unspecified atom stereocenters. The Morgan fingerprint density at radius 2 is 2.00 bits per heavy atom. The van der Waals surface area contributed by atoms with Crippen molar-refractivity contribution in [3.8, 4) is 0 Å². The van der Waals surface area contributed by atoms with E-state index < -0.39 is 0 Å². The van der Waals surface area contributed by atoms with Crippen molar-refractivity contribution in [1.29, 1.82) is 0 Å². The van der Waals surface area contributed by atoms with E-state index in [1.165, 1.54) is 0 Å². The fourth-order valence-corrected chi connectivity index (χ4v) is 1.87. The van der Waals surface area contributed by atoms with Gasteiger partial charge in [0.2, 0.25) is 0 Å². The summed E-state index contributed by atoms with van der Waals surface area (Å²) in [7, 11) is 4.01. The summed E-state index contributed by atoms with van der Waals surface area (Å²) in [6.45, 7) is 7.08. The van der Waals surface area contributed by atoms with Crippen LogP contribution in [-0.2, 0) is 0 Å². The fraction of sp³-hybridized carbons (Fsp3) is 0.533. The fourth-order valence-electron chi connectivity index (χ4n) is 1.87. The highest BCUT2D eigenvalue weighted by Gasteiger charge is 2.08. The number of benzene rings is 1. The molecule has 0 aliphatic heterocycles. The van der Waals surface area contributed by atoms with Crippen LogP contribution in [0.5, 0.6) is 0 Å². The van der Waals surface area contributed by atoms with Crippen LogP contribution in [0.2, 0.25) is 0 Å². The Morgan fingerprint density at radius 3 is 2.50 bits per heavy atom. The van der Waals surface area contributed by atoms with Crippen LogP contribution in [0.1, 0.15) is 36.2 Å². The SMILES string of the molecule is Cc1cc(C(=O)NCCC(C)C)ccc1N(C)C. The normalized spacial score (nSPS) is 10.6. The van der Waals surface area contributed by atoms with Gasteiger partial charge in [0, 0.05) is 31.9 Å². The second-order valence-corrected chi connectivity index (χ2v) is 5.33. The van der Waals surface area contributed by atoms with E-state index in [2.05, 4.69) is 24.1 Å². The molecule has 0 saturated heterocycles. The summed E-state index contributed by atoms with van der Waals surface area (Å²) in [4.78, 5) is 14.0. The zero-order chi connectivity index (χ0) is 13.7. The first kappa shape index (κ1) is 14.6. The topological polar surface area (TPSA) is 32.3 Å². The van der Waals surface area contributed by atoms with Crippen LogP contribution in [-0.4, -0.2) is 26.5 Å². The number of nitrogens with zero attached hydrogens (tertiary/aromatic N) is 1. The van der Waals surface area contributed by atoms with Crippen molar-refractivity contribution in [1.82, 2.24) is 5.32 Å². The van der Waals surface area contributed by atoms with Crippen LogP contribution in [0.15, 0.2) is 18.2 Å². The Bertz CT molecular complexity index is 411. The quantitative estimate of drug-likeness (QED) is 0.869. The molecule has 1 amide bonds. The summed E-state index contributed by atoms with van der Waals surface area (Å²) in [5.74, 6) is 0.632. The van der Waals surface area contributed by atoms with Crippen molar-refractivity contribution < 1.29 is 4.79 Å². The lowest BCUT2D eigenvalue weighted by molar-refractivity contribution is 0.0952. The number of rotatable bonds is 5. The van der Waals surface area contributed by atoms with Crippen molar-refractivity contribution in [2.45, 2.75) is 27.2 Å². The van der Waals surface area contributed by atoms with Gasteiger partial charge in [-0.05, 0) is 43.0 Å². The van der Waals surface area contributed by atoms with Crippen LogP contribution in [0, 0.1) is 12.8 Å². The zero-order valence-corrected chi connectivity index (χ0v) is 12.1. The number of hydrogen-bond donors (Lipinski definition) is 1. The molecular formula is C15H24N2O. The van der Waals surface area contributed by atoms with E-state index in [-0.39, 0.29) is 5.91 Å². The minimum atomic E-state index is 0.0176. The molecular weight excluding hydrogens is 224 g/mol. The van der Waals surface area contributed by atoms with Gasteiger partial charge in [-0.2, -0.15) is 0 Å². The molecule has 0 radical (unpaired) electrons. The molecule has 0 aromatic heterocycles. The highest BCUT2D eigenvalue weighted by molar-refractivity contribution is 5.94. The van der Waals surface area contributed by atoms with E-state index in [0.29, 0.717) is 5.92 Å². The summed E-state index contributed by atoms with van der Waals surface area (Å²) in [5.41, 5.74) is 3.01. The third-order valence-electron chi connectivity index (χ3n) is 2.95. The van der Waals surface area contributed by atoms with Gasteiger partial charge in [0.1, 0.15) is 0 Å². The predicted octanol–water partition coefficient (Wildman–Crippen LogP) is 2.84. The van der Waals surface area contributed by atoms with Gasteiger partial charge in [-0.3, -0.25) is 4.79 Å². The van der Waals surface area contributed by atoms with E-state index in [0.717, 1.165) is 29.8 Å². The van der Waals surface area contributed by atoms with Gasteiger partial charge in [-0.25, -0.2) is 0 Å². The van der Waals surface area contributed by atoms with E-state index in [9.17, 15) is 4.79 Å². The van der Waals surface area contributed by atoms with Crippen LogP contribution >= 0.6 is 0 Å². The summed E-state index contributed by atoms with van der Waals surface area (Å²) in [6.07, 6.45) is 1.01. The second kappa shape index (κ2) is 6.43. The minimum absolute atomic E-state index is 0.0176. The molecule has 3 heteroatoms. The molecule has 0 atom stereocenters. The molecule has 0 aliphatic rings. The first-order valence-electron chi connectivity index (χ1n) is 6.48. The Labute approximate surface area is 110 Å². The molecule has 100 valence electrons. The van der Waals surface area contributed by atoms with E-state index in [1.807, 2.05) is 39.2 Å². The first-order chi connectivity index (χ1) is 8.41. The van der Waals surface area contributed by atoms with Gasteiger partial charge in [-0.1, -0.05) is 13.8 Å². The summed E-state index contributed by atoms with van der Waals surface area (Å²) in [5, 5.41) is 2.95. The van der Waals surface area contributed by atoms with Crippen molar-refractivity contribution in [2.24, 2.45) is 5.92 Å². The average molecular weight is 248 g/mol. The molecule has 0 spiro atoms. The molecule has 0 saturated carbocycles. The maximum atomic E-state index is 11.9. The molecule has 1 aromatic rings. The van der Waals surface area contributed by atoms with Gasteiger partial charge in [0.25, 0.3) is 5.91 Å². The number of nitrogens with one attached hydrogen (secondary N) is 1. The van der Waals surface area contributed by atoms with Crippen LogP contribution in [0.3, 0.4) is 0 Å².